The van der Waals surface area contributed by atoms with Gasteiger partial charge in [-0.25, -0.2) is 0 Å². The first kappa shape index (κ1) is 9.35. The molecule has 5 nitrogen and oxygen atoms in total. The van der Waals surface area contributed by atoms with Gasteiger partial charge in [-0.2, -0.15) is 0 Å². The lowest BCUT2D eigenvalue weighted by Crippen LogP contribution is -2.25. The zero-order valence-electron chi connectivity index (χ0n) is 5.45. The first-order chi connectivity index (χ1) is 4.63. The van der Waals surface area contributed by atoms with E-state index in [1.54, 1.807) is 0 Å². The van der Waals surface area contributed by atoms with E-state index in [0.717, 1.165) is 0 Å². The van der Waals surface area contributed by atoms with Crippen molar-refractivity contribution < 1.29 is 20.1 Å². The summed E-state index contributed by atoms with van der Waals surface area (Å²) in [5.74, 6) is -0.951. The molecule has 0 aliphatic rings. The maximum Gasteiger partial charge on any atom is 0.317 e. The van der Waals surface area contributed by atoms with Crippen molar-refractivity contribution in [2.45, 2.75) is 12.7 Å². The van der Waals surface area contributed by atoms with Crippen LogP contribution in [0, 0.1) is 0 Å². The van der Waals surface area contributed by atoms with Crippen molar-refractivity contribution in [2.24, 2.45) is 0 Å². The summed E-state index contributed by atoms with van der Waals surface area (Å²) in [4.78, 5) is 9.86. The summed E-state index contributed by atoms with van der Waals surface area (Å²) < 4.78 is 0. The molecule has 0 heterocycles. The van der Waals surface area contributed by atoms with E-state index in [0.29, 0.717) is 6.54 Å². The van der Waals surface area contributed by atoms with E-state index < -0.39 is 12.3 Å². The summed E-state index contributed by atoms with van der Waals surface area (Å²) in [6.07, 6.45) is -1.21. The van der Waals surface area contributed by atoms with Crippen LogP contribution in [0.15, 0.2) is 0 Å². The summed E-state index contributed by atoms with van der Waals surface area (Å²) in [6, 6.07) is 0. The first-order valence-corrected chi connectivity index (χ1v) is 2.91. The lowest BCUT2D eigenvalue weighted by atomic mass is 10.4. The van der Waals surface area contributed by atoms with E-state index >= 15 is 0 Å². The summed E-state index contributed by atoms with van der Waals surface area (Å²) in [7, 11) is 0. The van der Waals surface area contributed by atoms with Gasteiger partial charge >= 0.3 is 5.97 Å². The molecule has 0 saturated carbocycles. The van der Waals surface area contributed by atoms with E-state index in [1.807, 2.05) is 0 Å². The van der Waals surface area contributed by atoms with Crippen molar-refractivity contribution in [2.75, 3.05) is 13.1 Å². The third kappa shape index (κ3) is 7.35. The van der Waals surface area contributed by atoms with Gasteiger partial charge in [0.2, 0.25) is 0 Å². The number of carbonyl (C=O) groups is 1. The Bertz CT molecular complexity index is 104. The largest absolute Gasteiger partial charge is 0.480 e. The first-order valence-electron chi connectivity index (χ1n) is 2.91. The molecular formula is C5H11NO4. The molecule has 0 saturated heterocycles. The van der Waals surface area contributed by atoms with Crippen molar-refractivity contribution in [3.63, 3.8) is 0 Å². The summed E-state index contributed by atoms with van der Waals surface area (Å²) in [5, 5.41) is 27.2. The van der Waals surface area contributed by atoms with Gasteiger partial charge in [-0.3, -0.25) is 4.79 Å². The minimum Gasteiger partial charge on any atom is -0.480 e. The Kier molecular flexibility index (Phi) is 4.82. The van der Waals surface area contributed by atoms with Gasteiger partial charge in [-0.05, 0) is 0 Å². The van der Waals surface area contributed by atoms with Crippen LogP contribution in [-0.4, -0.2) is 40.7 Å². The summed E-state index contributed by atoms with van der Waals surface area (Å²) in [5.41, 5.74) is 0. The van der Waals surface area contributed by atoms with Gasteiger partial charge < -0.3 is 20.6 Å². The van der Waals surface area contributed by atoms with Crippen LogP contribution < -0.4 is 5.32 Å². The molecule has 5 heteroatoms. The van der Waals surface area contributed by atoms with Crippen LogP contribution >= 0.6 is 0 Å². The quantitative estimate of drug-likeness (QED) is 0.278. The van der Waals surface area contributed by atoms with Crippen LogP contribution in [0.2, 0.25) is 0 Å². The van der Waals surface area contributed by atoms with Gasteiger partial charge in [0.05, 0.1) is 6.54 Å². The fourth-order valence-electron chi connectivity index (χ4n) is 0.426. The number of aliphatic hydroxyl groups is 2. The SMILES string of the molecule is O=C(O)CNCCC(O)O. The molecule has 0 aromatic carbocycles. The van der Waals surface area contributed by atoms with Crippen molar-refractivity contribution in [3.8, 4) is 0 Å². The number of nitrogens with one attached hydrogen (secondary N) is 1. The van der Waals surface area contributed by atoms with Gasteiger partial charge in [0, 0.05) is 13.0 Å². The van der Waals surface area contributed by atoms with E-state index in [2.05, 4.69) is 5.32 Å². The molecule has 10 heavy (non-hydrogen) atoms. The lowest BCUT2D eigenvalue weighted by Gasteiger charge is -2.02. The van der Waals surface area contributed by atoms with Crippen LogP contribution in [0.4, 0.5) is 0 Å². The molecule has 0 atom stereocenters. The number of aliphatic hydroxyl groups excluding tert-OH is 1. The molecule has 0 unspecified atom stereocenters. The Morgan fingerprint density at radius 1 is 1.50 bits per heavy atom. The van der Waals surface area contributed by atoms with Crippen LogP contribution in [0.3, 0.4) is 0 Å². The molecule has 0 aliphatic carbocycles. The van der Waals surface area contributed by atoms with E-state index in [4.69, 9.17) is 15.3 Å². The molecule has 0 aliphatic heterocycles. The van der Waals surface area contributed by atoms with Crippen molar-refractivity contribution in [1.82, 2.24) is 5.32 Å². The average molecular weight is 149 g/mol. The second-order valence-electron chi connectivity index (χ2n) is 1.84. The van der Waals surface area contributed by atoms with Crippen LogP contribution in [-0.2, 0) is 4.79 Å². The average Bonchev–Trinajstić information content (AvgIpc) is 1.79. The molecular weight excluding hydrogens is 138 g/mol. The molecule has 0 bridgehead atoms. The Morgan fingerprint density at radius 2 is 2.10 bits per heavy atom. The number of carboxylic acid groups (broad SMARTS) is 1. The summed E-state index contributed by atoms with van der Waals surface area (Å²) in [6.45, 7) is 0.149. The topological polar surface area (TPSA) is 89.8 Å². The van der Waals surface area contributed by atoms with Crippen molar-refractivity contribution >= 4 is 5.97 Å². The van der Waals surface area contributed by atoms with E-state index in [-0.39, 0.29) is 13.0 Å². The fraction of sp³-hybridized carbons (Fsp3) is 0.800. The molecule has 0 spiro atoms. The monoisotopic (exact) mass is 149 g/mol. The smallest absolute Gasteiger partial charge is 0.317 e. The number of hydrogen-bond donors (Lipinski definition) is 4. The Labute approximate surface area is 58.3 Å². The maximum absolute atomic E-state index is 9.86. The zero-order chi connectivity index (χ0) is 7.98. The number of rotatable bonds is 5. The standard InChI is InChI=1S/C5H11NO4/c7-4(8)1-2-6-3-5(9)10/h4,6-8H,1-3H2,(H,9,10). The molecule has 0 amide bonds. The maximum atomic E-state index is 9.86. The van der Waals surface area contributed by atoms with Gasteiger partial charge in [0.25, 0.3) is 0 Å². The highest BCUT2D eigenvalue weighted by atomic mass is 16.5. The second kappa shape index (κ2) is 5.16. The number of hydrogen-bond acceptors (Lipinski definition) is 4. The molecule has 0 aromatic heterocycles. The molecule has 0 radical (unpaired) electrons. The van der Waals surface area contributed by atoms with Crippen LogP contribution in [0.25, 0.3) is 0 Å². The molecule has 4 N–H and O–H groups in total. The predicted octanol–water partition coefficient (Wildman–Crippen LogP) is -1.64. The Morgan fingerprint density at radius 3 is 2.50 bits per heavy atom. The van der Waals surface area contributed by atoms with Gasteiger partial charge in [0.1, 0.15) is 0 Å². The fourth-order valence-corrected chi connectivity index (χ4v) is 0.426. The summed E-state index contributed by atoms with van der Waals surface area (Å²) >= 11 is 0. The van der Waals surface area contributed by atoms with E-state index in [1.165, 1.54) is 0 Å². The van der Waals surface area contributed by atoms with Gasteiger partial charge in [-0.1, -0.05) is 0 Å². The van der Waals surface area contributed by atoms with Crippen molar-refractivity contribution in [1.29, 1.82) is 0 Å². The molecule has 0 fully saturated rings. The van der Waals surface area contributed by atoms with Crippen LogP contribution in [0.5, 0.6) is 0 Å². The normalized spacial score (nSPS) is 10.3. The van der Waals surface area contributed by atoms with Crippen LogP contribution in [0.1, 0.15) is 6.42 Å². The molecule has 0 aromatic rings. The predicted molar refractivity (Wildman–Crippen MR) is 33.3 cm³/mol. The van der Waals surface area contributed by atoms with Gasteiger partial charge in [0.15, 0.2) is 6.29 Å². The van der Waals surface area contributed by atoms with Crippen molar-refractivity contribution in [3.05, 3.63) is 0 Å². The van der Waals surface area contributed by atoms with Gasteiger partial charge in [-0.15, -0.1) is 0 Å². The van der Waals surface area contributed by atoms with E-state index in [9.17, 15) is 4.79 Å². The number of aliphatic carboxylic acids is 1. The Balaban J connectivity index is 2.98. The highest BCUT2D eigenvalue weighted by Gasteiger charge is 1.97. The highest BCUT2D eigenvalue weighted by Crippen LogP contribution is 1.80. The third-order valence-corrected chi connectivity index (χ3v) is 0.856. The second-order valence-corrected chi connectivity index (χ2v) is 1.84. The minimum absolute atomic E-state index is 0.146. The Hall–Kier alpha value is -0.650. The zero-order valence-corrected chi connectivity index (χ0v) is 5.45. The third-order valence-electron chi connectivity index (χ3n) is 0.856. The lowest BCUT2D eigenvalue weighted by molar-refractivity contribution is -0.136. The molecule has 60 valence electrons. The highest BCUT2D eigenvalue weighted by molar-refractivity contribution is 5.68. The minimum atomic E-state index is -1.36. The number of carboxylic acids is 1. The molecule has 0 rings (SSSR count).